The van der Waals surface area contributed by atoms with Crippen LogP contribution in [0.15, 0.2) is 23.6 Å². The highest BCUT2D eigenvalue weighted by Crippen LogP contribution is 2.48. The molecule has 0 spiro atoms. The van der Waals surface area contributed by atoms with E-state index in [2.05, 4.69) is 10.3 Å². The van der Waals surface area contributed by atoms with Gasteiger partial charge in [-0.1, -0.05) is 0 Å². The lowest BCUT2D eigenvalue weighted by molar-refractivity contribution is -0.121. The number of aromatic nitrogens is 1. The van der Waals surface area contributed by atoms with Gasteiger partial charge in [0.05, 0.1) is 25.8 Å². The highest BCUT2D eigenvalue weighted by atomic mass is 32.1. The predicted molar refractivity (Wildman–Crippen MR) is 102 cm³/mol. The van der Waals surface area contributed by atoms with Gasteiger partial charge < -0.3 is 20.5 Å². The maximum absolute atomic E-state index is 12.7. The van der Waals surface area contributed by atoms with E-state index in [9.17, 15) is 4.79 Å². The summed E-state index contributed by atoms with van der Waals surface area (Å²) in [6.45, 7) is 0. The lowest BCUT2D eigenvalue weighted by Gasteiger charge is -2.26. The Morgan fingerprint density at radius 2 is 2.08 bits per heavy atom. The number of carbonyl (C=O) groups excluding carboxylic acids is 1. The zero-order valence-electron chi connectivity index (χ0n) is 14.9. The van der Waals surface area contributed by atoms with E-state index in [0.29, 0.717) is 22.7 Å². The van der Waals surface area contributed by atoms with Crippen molar-refractivity contribution in [3.63, 3.8) is 0 Å². The first kappa shape index (κ1) is 17.3. The Morgan fingerprint density at radius 3 is 2.77 bits per heavy atom. The predicted octanol–water partition coefficient (Wildman–Crippen LogP) is 3.14. The molecule has 1 heterocycles. The second kappa shape index (κ2) is 6.89. The molecular formula is C19H23N3O3S. The van der Waals surface area contributed by atoms with Crippen molar-refractivity contribution in [2.24, 2.45) is 23.5 Å². The summed E-state index contributed by atoms with van der Waals surface area (Å²) in [6.07, 6.45) is 3.36. The summed E-state index contributed by atoms with van der Waals surface area (Å²) < 4.78 is 10.7. The van der Waals surface area contributed by atoms with Crippen LogP contribution in [-0.2, 0) is 4.79 Å². The van der Waals surface area contributed by atoms with Crippen molar-refractivity contribution in [3.8, 4) is 22.8 Å². The van der Waals surface area contributed by atoms with Crippen molar-refractivity contribution in [2.45, 2.75) is 25.3 Å². The van der Waals surface area contributed by atoms with E-state index in [4.69, 9.17) is 15.2 Å². The maximum Gasteiger partial charge on any atom is 0.231 e. The number of nitrogens with one attached hydrogen (secondary N) is 1. The molecule has 26 heavy (non-hydrogen) atoms. The van der Waals surface area contributed by atoms with Gasteiger partial charge in [0.15, 0.2) is 5.13 Å². The number of nitrogens with zero attached hydrogens (tertiary/aromatic N) is 1. The Balaban J connectivity index is 1.53. The number of benzene rings is 1. The normalized spacial score (nSPS) is 26.7. The first-order valence-corrected chi connectivity index (χ1v) is 9.73. The zero-order valence-corrected chi connectivity index (χ0v) is 15.7. The summed E-state index contributed by atoms with van der Waals surface area (Å²) in [4.78, 5) is 17.3. The van der Waals surface area contributed by atoms with Gasteiger partial charge in [0, 0.05) is 17.0 Å². The lowest BCUT2D eigenvalue weighted by Crippen LogP contribution is -2.42. The third kappa shape index (κ3) is 2.95. The molecular weight excluding hydrogens is 350 g/mol. The monoisotopic (exact) mass is 373 g/mol. The molecule has 138 valence electrons. The molecule has 2 bridgehead atoms. The smallest absolute Gasteiger partial charge is 0.231 e. The Labute approximate surface area is 156 Å². The van der Waals surface area contributed by atoms with E-state index in [1.165, 1.54) is 11.3 Å². The van der Waals surface area contributed by atoms with E-state index in [1.807, 2.05) is 23.6 Å². The molecule has 2 saturated carbocycles. The fourth-order valence-corrected chi connectivity index (χ4v) is 5.10. The number of methoxy groups -OCH3 is 2. The SMILES string of the molecule is COc1ccc(OC)c(-c2csc(NC(=O)C3C4CCC(C4)C3N)n2)c1. The summed E-state index contributed by atoms with van der Waals surface area (Å²) >= 11 is 1.41. The van der Waals surface area contributed by atoms with E-state index in [0.717, 1.165) is 36.3 Å². The van der Waals surface area contributed by atoms with Gasteiger partial charge in [-0.2, -0.15) is 0 Å². The van der Waals surface area contributed by atoms with Crippen molar-refractivity contribution in [3.05, 3.63) is 23.6 Å². The van der Waals surface area contributed by atoms with Crippen LogP contribution in [-0.4, -0.2) is 31.2 Å². The molecule has 7 heteroatoms. The molecule has 4 unspecified atom stereocenters. The van der Waals surface area contributed by atoms with E-state index < -0.39 is 0 Å². The second-order valence-electron chi connectivity index (χ2n) is 7.03. The number of hydrogen-bond donors (Lipinski definition) is 2. The third-order valence-electron chi connectivity index (χ3n) is 5.70. The van der Waals surface area contributed by atoms with E-state index in [1.54, 1.807) is 14.2 Å². The molecule has 2 aromatic rings. The number of carbonyl (C=O) groups is 1. The number of thiazole rings is 1. The number of fused-ring (bicyclic) bond motifs is 2. The summed E-state index contributed by atoms with van der Waals surface area (Å²) in [5, 5.41) is 5.47. The molecule has 4 atom stereocenters. The van der Waals surface area contributed by atoms with Crippen molar-refractivity contribution in [2.75, 3.05) is 19.5 Å². The first-order valence-electron chi connectivity index (χ1n) is 8.85. The molecule has 2 aliphatic rings. The van der Waals surface area contributed by atoms with Gasteiger partial charge in [-0.15, -0.1) is 11.3 Å². The topological polar surface area (TPSA) is 86.5 Å². The number of nitrogens with two attached hydrogens (primary N) is 1. The minimum absolute atomic E-state index is 0.00297. The van der Waals surface area contributed by atoms with Gasteiger partial charge in [-0.05, 0) is 49.3 Å². The number of rotatable bonds is 5. The second-order valence-corrected chi connectivity index (χ2v) is 7.89. The average molecular weight is 373 g/mol. The largest absolute Gasteiger partial charge is 0.497 e. The van der Waals surface area contributed by atoms with Crippen LogP contribution in [0.3, 0.4) is 0 Å². The lowest BCUT2D eigenvalue weighted by atomic mass is 9.84. The first-order chi connectivity index (χ1) is 12.6. The van der Waals surface area contributed by atoms with Crippen LogP contribution < -0.4 is 20.5 Å². The number of anilines is 1. The Kier molecular flexibility index (Phi) is 4.58. The van der Waals surface area contributed by atoms with Crippen LogP contribution >= 0.6 is 11.3 Å². The molecule has 1 aromatic heterocycles. The molecule has 4 rings (SSSR count). The summed E-state index contributed by atoms with van der Waals surface area (Å²) in [7, 11) is 3.24. The van der Waals surface area contributed by atoms with Crippen molar-refractivity contribution >= 4 is 22.4 Å². The van der Waals surface area contributed by atoms with Crippen LogP contribution in [0, 0.1) is 17.8 Å². The molecule has 0 aliphatic heterocycles. The van der Waals surface area contributed by atoms with Crippen LogP contribution in [0.4, 0.5) is 5.13 Å². The van der Waals surface area contributed by atoms with Crippen LogP contribution in [0.5, 0.6) is 11.5 Å². The number of hydrogen-bond acceptors (Lipinski definition) is 6. The van der Waals surface area contributed by atoms with Gasteiger partial charge in [0.1, 0.15) is 11.5 Å². The van der Waals surface area contributed by atoms with Crippen molar-refractivity contribution in [1.29, 1.82) is 0 Å². The molecule has 3 N–H and O–H groups in total. The molecule has 2 aliphatic carbocycles. The standard InChI is InChI=1S/C19H23N3O3S/c1-24-12-5-6-15(25-2)13(8-12)14-9-26-19(21-14)22-18(23)16-10-3-4-11(7-10)17(16)20/h5-6,8-11,16-17H,3-4,7,20H2,1-2H3,(H,21,22,23). The quantitative estimate of drug-likeness (QED) is 0.841. The fraction of sp³-hybridized carbons (Fsp3) is 0.474. The molecule has 1 aromatic carbocycles. The molecule has 1 amide bonds. The van der Waals surface area contributed by atoms with Crippen molar-refractivity contribution in [1.82, 2.24) is 4.98 Å². The minimum Gasteiger partial charge on any atom is -0.497 e. The molecule has 0 saturated heterocycles. The van der Waals surface area contributed by atoms with Gasteiger partial charge in [0.25, 0.3) is 0 Å². The van der Waals surface area contributed by atoms with Gasteiger partial charge >= 0.3 is 0 Å². The third-order valence-corrected chi connectivity index (χ3v) is 6.46. The fourth-order valence-electron chi connectivity index (χ4n) is 4.38. The Hall–Kier alpha value is -2.12. The van der Waals surface area contributed by atoms with Gasteiger partial charge in [-0.25, -0.2) is 4.98 Å². The maximum atomic E-state index is 12.7. The van der Waals surface area contributed by atoms with Crippen LogP contribution in [0.2, 0.25) is 0 Å². The minimum atomic E-state index is -0.0903. The van der Waals surface area contributed by atoms with Gasteiger partial charge in [-0.3, -0.25) is 4.79 Å². The average Bonchev–Trinajstić information content (AvgIpc) is 3.37. The van der Waals surface area contributed by atoms with E-state index in [-0.39, 0.29) is 17.9 Å². The van der Waals surface area contributed by atoms with Gasteiger partial charge in [0.2, 0.25) is 5.91 Å². The number of amides is 1. The highest BCUT2D eigenvalue weighted by molar-refractivity contribution is 7.14. The zero-order chi connectivity index (χ0) is 18.3. The highest BCUT2D eigenvalue weighted by Gasteiger charge is 2.49. The number of ether oxygens (including phenoxy) is 2. The summed E-state index contributed by atoms with van der Waals surface area (Å²) in [5.41, 5.74) is 7.86. The molecule has 0 radical (unpaired) electrons. The Bertz CT molecular complexity index is 820. The van der Waals surface area contributed by atoms with Crippen molar-refractivity contribution < 1.29 is 14.3 Å². The van der Waals surface area contributed by atoms with E-state index >= 15 is 0 Å². The van der Waals surface area contributed by atoms with Crippen LogP contribution in [0.25, 0.3) is 11.3 Å². The molecule has 6 nitrogen and oxygen atoms in total. The summed E-state index contributed by atoms with van der Waals surface area (Å²) in [5.74, 6) is 2.28. The molecule has 2 fully saturated rings. The summed E-state index contributed by atoms with van der Waals surface area (Å²) in [6, 6.07) is 5.55. The Morgan fingerprint density at radius 1 is 1.27 bits per heavy atom. The van der Waals surface area contributed by atoms with Crippen LogP contribution in [0.1, 0.15) is 19.3 Å².